The van der Waals surface area contributed by atoms with E-state index < -0.39 is 12.6 Å². The van der Waals surface area contributed by atoms with Crippen molar-refractivity contribution in [3.63, 3.8) is 0 Å². The Morgan fingerprint density at radius 3 is 1.77 bits per heavy atom. The van der Waals surface area contributed by atoms with Gasteiger partial charge in [-0.25, -0.2) is 0 Å². The molecule has 0 aromatic carbocycles. The van der Waals surface area contributed by atoms with Gasteiger partial charge in [-0.05, 0) is 62.2 Å². The third-order valence-electron chi connectivity index (χ3n) is 6.94. The number of hydrogen-bond acceptors (Lipinski definition) is 2. The molecule has 2 fully saturated rings. The lowest BCUT2D eigenvalue weighted by Crippen LogP contribution is -2.27. The van der Waals surface area contributed by atoms with E-state index in [1.165, 1.54) is 57.8 Å². The highest BCUT2D eigenvalue weighted by Crippen LogP contribution is 2.43. The zero-order chi connectivity index (χ0) is 19.0. The predicted molar refractivity (Wildman–Crippen MR) is 99.7 cm³/mol. The van der Waals surface area contributed by atoms with Crippen molar-refractivity contribution in [1.29, 1.82) is 0 Å². The van der Waals surface area contributed by atoms with E-state index in [9.17, 15) is 13.2 Å². The van der Waals surface area contributed by atoms with Crippen LogP contribution in [-0.2, 0) is 4.84 Å². The molecule has 2 aliphatic rings. The summed E-state index contributed by atoms with van der Waals surface area (Å²) < 4.78 is 36.6. The Morgan fingerprint density at radius 1 is 0.808 bits per heavy atom. The van der Waals surface area contributed by atoms with Crippen LogP contribution in [0.1, 0.15) is 83.5 Å². The van der Waals surface area contributed by atoms with Crippen LogP contribution >= 0.6 is 0 Å². The molecule has 0 amide bonds. The maximum absolute atomic E-state index is 12.2. The van der Waals surface area contributed by atoms with Gasteiger partial charge in [0.05, 0.1) is 7.11 Å². The SMILES string of the molecule is CON(C)CCC1CCC(C2CCC(CCCCC(F)(F)F)CC2)CC1. The summed E-state index contributed by atoms with van der Waals surface area (Å²) in [5, 5.41) is 1.92. The van der Waals surface area contributed by atoms with E-state index in [4.69, 9.17) is 4.84 Å². The smallest absolute Gasteiger partial charge is 0.303 e. The molecule has 0 unspecified atom stereocenters. The third kappa shape index (κ3) is 8.16. The number of hydrogen-bond donors (Lipinski definition) is 0. The second-order valence-corrected chi connectivity index (χ2v) is 8.75. The summed E-state index contributed by atoms with van der Waals surface area (Å²) in [6, 6.07) is 0. The normalized spacial score (nSPS) is 30.7. The molecule has 2 saturated carbocycles. The highest BCUT2D eigenvalue weighted by atomic mass is 19.4. The van der Waals surface area contributed by atoms with Gasteiger partial charge in [0.25, 0.3) is 0 Å². The van der Waals surface area contributed by atoms with Crippen molar-refractivity contribution < 1.29 is 18.0 Å². The Kier molecular flexibility index (Phi) is 9.22. The molecule has 0 aromatic rings. The van der Waals surface area contributed by atoms with Gasteiger partial charge >= 0.3 is 6.18 Å². The minimum Gasteiger partial charge on any atom is -0.303 e. The number of unbranched alkanes of at least 4 members (excludes halogenated alkanes) is 1. The molecule has 2 rings (SSSR count). The van der Waals surface area contributed by atoms with Gasteiger partial charge < -0.3 is 4.84 Å². The highest BCUT2D eigenvalue weighted by molar-refractivity contribution is 4.82. The molecule has 5 heteroatoms. The topological polar surface area (TPSA) is 12.5 Å². The Hall–Kier alpha value is -0.290. The van der Waals surface area contributed by atoms with Crippen molar-refractivity contribution in [3.8, 4) is 0 Å². The predicted octanol–water partition coefficient (Wildman–Crippen LogP) is 6.61. The Labute approximate surface area is 157 Å². The Bertz CT molecular complexity index is 372. The van der Waals surface area contributed by atoms with Crippen LogP contribution in [0.25, 0.3) is 0 Å². The molecule has 0 N–H and O–H groups in total. The van der Waals surface area contributed by atoms with E-state index in [1.54, 1.807) is 7.11 Å². The van der Waals surface area contributed by atoms with Crippen molar-refractivity contribution >= 4 is 0 Å². The van der Waals surface area contributed by atoms with Crippen LogP contribution in [0.2, 0.25) is 0 Å². The van der Waals surface area contributed by atoms with Crippen LogP contribution in [0, 0.1) is 23.7 Å². The van der Waals surface area contributed by atoms with E-state index in [-0.39, 0.29) is 0 Å². The van der Waals surface area contributed by atoms with Crippen LogP contribution < -0.4 is 0 Å². The van der Waals surface area contributed by atoms with Crippen molar-refractivity contribution in [2.24, 2.45) is 23.7 Å². The lowest BCUT2D eigenvalue weighted by molar-refractivity contribution is -0.135. The van der Waals surface area contributed by atoms with Crippen LogP contribution in [-0.4, -0.2) is 31.9 Å². The van der Waals surface area contributed by atoms with E-state index in [2.05, 4.69) is 0 Å². The second-order valence-electron chi connectivity index (χ2n) is 8.75. The summed E-state index contributed by atoms with van der Waals surface area (Å²) in [7, 11) is 3.72. The maximum atomic E-state index is 12.2. The summed E-state index contributed by atoms with van der Waals surface area (Å²) in [5.41, 5.74) is 0. The van der Waals surface area contributed by atoms with Crippen molar-refractivity contribution in [3.05, 3.63) is 0 Å². The molecule has 0 radical (unpaired) electrons. The average molecular weight is 378 g/mol. The number of nitrogens with zero attached hydrogens (tertiary/aromatic N) is 1. The standard InChI is InChI=1S/C21H38F3NO/c1-25(26-2)16-14-18-8-12-20(13-9-18)19-10-6-17(7-11-19)5-3-4-15-21(22,23)24/h17-20H,3-16H2,1-2H3. The molecule has 26 heavy (non-hydrogen) atoms. The summed E-state index contributed by atoms with van der Waals surface area (Å²) in [6.07, 6.45) is 9.30. The molecule has 0 saturated heterocycles. The van der Waals surface area contributed by atoms with Gasteiger partial charge in [-0.2, -0.15) is 18.2 Å². The van der Waals surface area contributed by atoms with Gasteiger partial charge in [0, 0.05) is 20.0 Å². The molecule has 0 aromatic heterocycles. The first-order valence-electron chi connectivity index (χ1n) is 10.7. The lowest BCUT2D eigenvalue weighted by Gasteiger charge is -2.38. The van der Waals surface area contributed by atoms with Crippen LogP contribution in [0.5, 0.6) is 0 Å². The van der Waals surface area contributed by atoms with Gasteiger partial charge in [0.15, 0.2) is 0 Å². The summed E-state index contributed by atoms with van der Waals surface area (Å²) in [6.45, 7) is 1.02. The summed E-state index contributed by atoms with van der Waals surface area (Å²) in [4.78, 5) is 5.20. The van der Waals surface area contributed by atoms with Crippen molar-refractivity contribution in [2.75, 3.05) is 20.7 Å². The molecular weight excluding hydrogens is 339 g/mol. The molecule has 0 heterocycles. The van der Waals surface area contributed by atoms with E-state index in [1.807, 2.05) is 12.1 Å². The summed E-state index contributed by atoms with van der Waals surface area (Å²) >= 11 is 0. The minimum atomic E-state index is -3.98. The van der Waals surface area contributed by atoms with Crippen LogP contribution in [0.15, 0.2) is 0 Å². The van der Waals surface area contributed by atoms with Gasteiger partial charge in [-0.15, -0.1) is 0 Å². The average Bonchev–Trinajstić information content (AvgIpc) is 2.63. The first kappa shape index (κ1) is 22.0. The van der Waals surface area contributed by atoms with Crippen molar-refractivity contribution in [2.45, 2.75) is 89.6 Å². The molecule has 154 valence electrons. The number of alkyl halides is 3. The van der Waals surface area contributed by atoms with Gasteiger partial charge in [0.1, 0.15) is 0 Å². The second kappa shape index (κ2) is 10.9. The molecule has 2 aliphatic carbocycles. The van der Waals surface area contributed by atoms with Gasteiger partial charge in [-0.1, -0.05) is 38.5 Å². The zero-order valence-electron chi connectivity index (χ0n) is 16.7. The number of hydroxylamine groups is 2. The highest BCUT2D eigenvalue weighted by Gasteiger charge is 2.31. The summed E-state index contributed by atoms with van der Waals surface area (Å²) in [5.74, 6) is 3.32. The zero-order valence-corrected chi connectivity index (χ0v) is 16.7. The number of rotatable bonds is 9. The van der Waals surface area contributed by atoms with Crippen LogP contribution in [0.3, 0.4) is 0 Å². The fraction of sp³-hybridized carbons (Fsp3) is 1.00. The lowest BCUT2D eigenvalue weighted by atomic mass is 9.68. The Balaban J connectivity index is 1.56. The van der Waals surface area contributed by atoms with E-state index >= 15 is 0 Å². The fourth-order valence-corrected chi connectivity index (χ4v) is 5.11. The third-order valence-corrected chi connectivity index (χ3v) is 6.94. The van der Waals surface area contributed by atoms with Crippen LogP contribution in [0.4, 0.5) is 13.2 Å². The molecule has 0 spiro atoms. The van der Waals surface area contributed by atoms with Crippen molar-refractivity contribution in [1.82, 2.24) is 5.06 Å². The maximum Gasteiger partial charge on any atom is 0.389 e. The quantitative estimate of drug-likeness (QED) is 0.331. The fourth-order valence-electron chi connectivity index (χ4n) is 5.11. The van der Waals surface area contributed by atoms with Gasteiger partial charge in [-0.3, -0.25) is 0 Å². The first-order chi connectivity index (χ1) is 12.4. The largest absolute Gasteiger partial charge is 0.389 e. The van der Waals surface area contributed by atoms with E-state index in [0.717, 1.165) is 37.1 Å². The van der Waals surface area contributed by atoms with Gasteiger partial charge in [0.2, 0.25) is 0 Å². The first-order valence-corrected chi connectivity index (χ1v) is 10.7. The monoisotopic (exact) mass is 377 g/mol. The molecular formula is C21H38F3NO. The Morgan fingerprint density at radius 2 is 1.31 bits per heavy atom. The van der Waals surface area contributed by atoms with E-state index in [0.29, 0.717) is 12.3 Å². The minimum absolute atomic E-state index is 0.311. The molecule has 0 atom stereocenters. The molecule has 0 aliphatic heterocycles. The number of halogens is 3. The molecule has 2 nitrogen and oxygen atoms in total. The molecule has 0 bridgehead atoms.